The van der Waals surface area contributed by atoms with E-state index in [-0.39, 0.29) is 36.7 Å². The second-order valence-electron chi connectivity index (χ2n) is 7.76. The zero-order valence-electron chi connectivity index (χ0n) is 16.9. The summed E-state index contributed by atoms with van der Waals surface area (Å²) < 4.78 is 24.6. The molecule has 0 saturated carbocycles. The normalized spacial score (nSPS) is 23.6. The quantitative estimate of drug-likeness (QED) is 0.378. The number of carbonyl (C=O) groups is 3. The monoisotopic (exact) mass is 490 g/mol. The number of likely N-dealkylation sites (N-methyl/N-ethyl adjacent to an activating group) is 1. The Bertz CT molecular complexity index is 967. The molecular weight excluding hydrogens is 467 g/mol. The first-order chi connectivity index (χ1) is 14.6. The van der Waals surface area contributed by atoms with Crippen molar-refractivity contribution < 1.29 is 22.8 Å². The third-order valence-corrected chi connectivity index (χ3v) is 8.39. The minimum atomic E-state index is -3.29. The molecule has 2 saturated heterocycles. The van der Waals surface area contributed by atoms with Crippen molar-refractivity contribution in [3.8, 4) is 0 Å². The van der Waals surface area contributed by atoms with Gasteiger partial charge in [-0.1, -0.05) is 35.7 Å². The van der Waals surface area contributed by atoms with Crippen molar-refractivity contribution in [1.82, 2.24) is 15.5 Å². The topological polar surface area (TPSA) is 125 Å². The van der Waals surface area contributed by atoms with E-state index in [9.17, 15) is 22.8 Å². The lowest BCUT2D eigenvalue weighted by atomic mass is 10.0. The number of halogens is 2. The minimum Gasteiger partial charge on any atom is -0.336 e. The molecule has 2 aliphatic heterocycles. The van der Waals surface area contributed by atoms with Gasteiger partial charge in [0.1, 0.15) is 0 Å². The third-order valence-electron chi connectivity index (χ3n) is 5.48. The SMILES string of the molecule is CN(CC(=O)Nc1c(Cl)cccc1Cl)C(=O)CCCC[C@@H]1[C@@H]2NC(=O)N[C@H]2CS1(=O)=O. The van der Waals surface area contributed by atoms with Crippen LogP contribution in [-0.2, 0) is 19.4 Å². The van der Waals surface area contributed by atoms with Crippen LogP contribution in [0.4, 0.5) is 10.5 Å². The van der Waals surface area contributed by atoms with E-state index in [4.69, 9.17) is 23.2 Å². The third kappa shape index (κ3) is 5.61. The Balaban J connectivity index is 1.42. The van der Waals surface area contributed by atoms with Crippen LogP contribution < -0.4 is 16.0 Å². The lowest BCUT2D eigenvalue weighted by Crippen LogP contribution is -2.39. The van der Waals surface area contributed by atoms with Crippen LogP contribution in [0.3, 0.4) is 0 Å². The summed E-state index contributed by atoms with van der Waals surface area (Å²) in [6.07, 6.45) is 1.55. The molecule has 0 aromatic heterocycles. The van der Waals surface area contributed by atoms with Gasteiger partial charge >= 0.3 is 6.03 Å². The van der Waals surface area contributed by atoms with Crippen LogP contribution in [0.5, 0.6) is 0 Å². The maximum Gasteiger partial charge on any atom is 0.315 e. The fourth-order valence-electron chi connectivity index (χ4n) is 3.92. The summed E-state index contributed by atoms with van der Waals surface area (Å²) in [6.45, 7) is -0.168. The molecule has 9 nitrogen and oxygen atoms in total. The van der Waals surface area contributed by atoms with E-state index < -0.39 is 27.0 Å². The predicted octanol–water partition coefficient (Wildman–Crippen LogP) is 1.80. The number of amides is 4. The van der Waals surface area contributed by atoms with Crippen LogP contribution in [0.15, 0.2) is 18.2 Å². The maximum atomic E-state index is 12.3. The van der Waals surface area contributed by atoms with Crippen molar-refractivity contribution in [2.75, 3.05) is 24.7 Å². The summed E-state index contributed by atoms with van der Waals surface area (Å²) in [5.41, 5.74) is 0.293. The molecule has 31 heavy (non-hydrogen) atoms. The minimum absolute atomic E-state index is 0.0622. The average molecular weight is 491 g/mol. The molecule has 3 rings (SSSR count). The molecule has 3 N–H and O–H groups in total. The van der Waals surface area contributed by atoms with Crippen LogP contribution in [-0.4, -0.2) is 67.8 Å². The highest BCUT2D eigenvalue weighted by Crippen LogP contribution is 2.30. The lowest BCUT2D eigenvalue weighted by molar-refractivity contribution is -0.133. The highest BCUT2D eigenvalue weighted by Gasteiger charge is 2.51. The van der Waals surface area contributed by atoms with Crippen LogP contribution >= 0.6 is 23.2 Å². The molecule has 2 fully saturated rings. The van der Waals surface area contributed by atoms with Gasteiger partial charge in [-0.15, -0.1) is 0 Å². The number of rotatable bonds is 8. The summed E-state index contributed by atoms with van der Waals surface area (Å²) in [7, 11) is -1.77. The summed E-state index contributed by atoms with van der Waals surface area (Å²) in [4.78, 5) is 37.3. The Labute approximate surface area is 190 Å². The number of sulfone groups is 1. The number of hydrogen-bond donors (Lipinski definition) is 3. The Kier molecular flexibility index (Phi) is 7.33. The number of nitrogens with zero attached hydrogens (tertiary/aromatic N) is 1. The van der Waals surface area contributed by atoms with E-state index in [1.54, 1.807) is 18.2 Å². The number of nitrogens with one attached hydrogen (secondary N) is 3. The van der Waals surface area contributed by atoms with E-state index in [0.29, 0.717) is 35.0 Å². The molecule has 1 aromatic rings. The summed E-state index contributed by atoms with van der Waals surface area (Å²) >= 11 is 12.0. The van der Waals surface area contributed by atoms with Crippen molar-refractivity contribution >= 4 is 56.6 Å². The number of anilines is 1. The second kappa shape index (κ2) is 9.62. The van der Waals surface area contributed by atoms with Gasteiger partial charge in [0.15, 0.2) is 9.84 Å². The van der Waals surface area contributed by atoms with Crippen LogP contribution in [0.2, 0.25) is 10.0 Å². The number of hydrogen-bond acceptors (Lipinski definition) is 5. The molecule has 170 valence electrons. The standard InChI is InChI=1S/C19H24Cl2N4O5S/c1-25(9-15(26)23-17-11(20)5-4-6-12(17)21)16(27)8-3-2-7-14-18-13(10-31(14,29)30)22-19(28)24-18/h4-6,13-14,18H,2-3,7-10H2,1H3,(H,23,26)(H2,22,24,28)/t13-,14+,18+/m0/s1. The van der Waals surface area contributed by atoms with Crippen LogP contribution in [0.25, 0.3) is 0 Å². The van der Waals surface area contributed by atoms with Gasteiger partial charge in [-0.25, -0.2) is 13.2 Å². The predicted molar refractivity (Wildman–Crippen MR) is 118 cm³/mol. The van der Waals surface area contributed by atoms with E-state index >= 15 is 0 Å². The zero-order valence-corrected chi connectivity index (χ0v) is 19.2. The zero-order chi connectivity index (χ0) is 22.8. The first-order valence-corrected chi connectivity index (χ1v) is 12.3. The molecular formula is C19H24Cl2N4O5S. The highest BCUT2D eigenvalue weighted by molar-refractivity contribution is 7.92. The number of benzene rings is 1. The van der Waals surface area contributed by atoms with Crippen LogP contribution in [0.1, 0.15) is 25.7 Å². The molecule has 0 aliphatic carbocycles. The second-order valence-corrected chi connectivity index (χ2v) is 10.8. The molecule has 0 bridgehead atoms. The van der Waals surface area contributed by atoms with E-state index in [1.807, 2.05) is 0 Å². The number of unbranched alkanes of at least 4 members (excludes halogenated alkanes) is 1. The summed E-state index contributed by atoms with van der Waals surface area (Å²) in [5, 5.41) is 7.85. The smallest absolute Gasteiger partial charge is 0.315 e. The Morgan fingerprint density at radius 2 is 1.87 bits per heavy atom. The molecule has 3 atom stereocenters. The molecule has 4 amide bonds. The molecule has 0 unspecified atom stereocenters. The van der Waals surface area contributed by atoms with Crippen molar-refractivity contribution in [2.24, 2.45) is 0 Å². The lowest BCUT2D eigenvalue weighted by Gasteiger charge is -2.18. The van der Waals surface area contributed by atoms with E-state index in [0.717, 1.165) is 0 Å². The number of carbonyl (C=O) groups excluding carboxylic acids is 3. The summed E-state index contributed by atoms with van der Waals surface area (Å²) in [6, 6.07) is 3.69. The van der Waals surface area contributed by atoms with E-state index in [1.165, 1.54) is 11.9 Å². The fourth-order valence-corrected chi connectivity index (χ4v) is 6.68. The van der Waals surface area contributed by atoms with Gasteiger partial charge < -0.3 is 20.9 Å². The first kappa shape index (κ1) is 23.6. The molecule has 1 aromatic carbocycles. The molecule has 2 aliphatic rings. The summed E-state index contributed by atoms with van der Waals surface area (Å²) in [5.74, 6) is -0.727. The molecule has 12 heteroatoms. The number of fused-ring (bicyclic) bond motifs is 1. The Hall–Kier alpha value is -2.04. The van der Waals surface area contributed by atoms with Gasteiger partial charge in [-0.05, 0) is 25.0 Å². The van der Waals surface area contributed by atoms with Crippen molar-refractivity contribution in [1.29, 1.82) is 0 Å². The Morgan fingerprint density at radius 3 is 2.55 bits per heavy atom. The largest absolute Gasteiger partial charge is 0.336 e. The molecule has 2 heterocycles. The van der Waals surface area contributed by atoms with Crippen molar-refractivity contribution in [3.05, 3.63) is 28.2 Å². The van der Waals surface area contributed by atoms with Gasteiger partial charge in [0.25, 0.3) is 0 Å². The number of para-hydroxylation sites is 1. The van der Waals surface area contributed by atoms with Gasteiger partial charge in [0, 0.05) is 13.5 Å². The fraction of sp³-hybridized carbons (Fsp3) is 0.526. The van der Waals surface area contributed by atoms with E-state index in [2.05, 4.69) is 16.0 Å². The highest BCUT2D eigenvalue weighted by atomic mass is 35.5. The van der Waals surface area contributed by atoms with Crippen molar-refractivity contribution in [2.45, 2.75) is 43.0 Å². The van der Waals surface area contributed by atoms with Crippen molar-refractivity contribution in [3.63, 3.8) is 0 Å². The molecule has 0 radical (unpaired) electrons. The van der Waals surface area contributed by atoms with Gasteiger partial charge in [0.2, 0.25) is 11.8 Å². The van der Waals surface area contributed by atoms with Crippen LogP contribution in [0, 0.1) is 0 Å². The maximum absolute atomic E-state index is 12.3. The Morgan fingerprint density at radius 1 is 1.19 bits per heavy atom. The van der Waals surface area contributed by atoms with Gasteiger partial charge in [-0.2, -0.15) is 0 Å². The molecule has 0 spiro atoms. The first-order valence-electron chi connectivity index (χ1n) is 9.85. The average Bonchev–Trinajstić information content (AvgIpc) is 3.13. The van der Waals surface area contributed by atoms with Gasteiger partial charge in [-0.3, -0.25) is 9.59 Å². The number of urea groups is 1. The van der Waals surface area contributed by atoms with Gasteiger partial charge in [0.05, 0.1) is 45.4 Å².